The molecule has 1 fully saturated rings. The summed E-state index contributed by atoms with van der Waals surface area (Å²) in [6.07, 6.45) is 2.42. The number of amides is 1. The van der Waals surface area contributed by atoms with Crippen molar-refractivity contribution in [2.24, 2.45) is 5.92 Å². The zero-order valence-corrected chi connectivity index (χ0v) is 9.40. The number of ether oxygens (including phenoxy) is 1. The zero-order chi connectivity index (χ0) is 11.7. The Kier molecular flexibility index (Phi) is 2.57. The van der Waals surface area contributed by atoms with Crippen molar-refractivity contribution >= 4 is 22.5 Å². The Hall–Kier alpha value is -1.81. The summed E-state index contributed by atoms with van der Waals surface area (Å²) in [5.41, 5.74) is 1.91. The highest BCUT2D eigenvalue weighted by Crippen LogP contribution is 2.23. The van der Waals surface area contributed by atoms with Gasteiger partial charge in [-0.1, -0.05) is 6.07 Å². The number of aromatic nitrogens is 1. The molecule has 0 saturated carbocycles. The van der Waals surface area contributed by atoms with E-state index in [4.69, 9.17) is 4.74 Å². The van der Waals surface area contributed by atoms with Crippen molar-refractivity contribution in [2.45, 2.75) is 6.42 Å². The van der Waals surface area contributed by atoms with Gasteiger partial charge in [-0.15, -0.1) is 0 Å². The molecule has 1 aromatic heterocycles. The van der Waals surface area contributed by atoms with Crippen LogP contribution >= 0.6 is 0 Å². The lowest BCUT2D eigenvalue weighted by molar-refractivity contribution is -0.121. The molecule has 0 spiro atoms. The molecule has 1 aromatic carbocycles. The maximum atomic E-state index is 11.8. The number of aromatic amines is 1. The van der Waals surface area contributed by atoms with E-state index in [0.29, 0.717) is 25.6 Å². The van der Waals surface area contributed by atoms with Gasteiger partial charge in [0, 0.05) is 29.4 Å². The standard InChI is InChI=1S/C13H14N2O2/c16-13(6-9-7-17-8-9)15-12-3-1-2-11-10(12)4-5-14-11/h1-5,9,14H,6-8H2,(H,15,16). The number of benzene rings is 1. The smallest absolute Gasteiger partial charge is 0.224 e. The third-order valence-electron chi connectivity index (χ3n) is 3.05. The Morgan fingerprint density at radius 2 is 2.29 bits per heavy atom. The monoisotopic (exact) mass is 230 g/mol. The highest BCUT2D eigenvalue weighted by Gasteiger charge is 2.21. The topological polar surface area (TPSA) is 54.1 Å². The summed E-state index contributed by atoms with van der Waals surface area (Å²) in [6, 6.07) is 7.81. The van der Waals surface area contributed by atoms with E-state index < -0.39 is 0 Å². The molecule has 1 amide bonds. The van der Waals surface area contributed by atoms with E-state index in [1.807, 2.05) is 30.5 Å². The first kappa shape index (κ1) is 10.4. The van der Waals surface area contributed by atoms with Crippen LogP contribution in [0.25, 0.3) is 10.9 Å². The van der Waals surface area contributed by atoms with E-state index in [1.54, 1.807) is 0 Å². The first-order chi connectivity index (χ1) is 8.33. The van der Waals surface area contributed by atoms with Crippen molar-refractivity contribution < 1.29 is 9.53 Å². The number of rotatable bonds is 3. The van der Waals surface area contributed by atoms with Crippen LogP contribution in [-0.4, -0.2) is 24.1 Å². The highest BCUT2D eigenvalue weighted by molar-refractivity contribution is 6.01. The zero-order valence-electron chi connectivity index (χ0n) is 9.40. The number of carbonyl (C=O) groups excluding carboxylic acids is 1. The average Bonchev–Trinajstić information content (AvgIpc) is 2.73. The normalized spacial score (nSPS) is 15.8. The number of hydrogen-bond donors (Lipinski definition) is 2. The van der Waals surface area contributed by atoms with Crippen LogP contribution in [-0.2, 0) is 9.53 Å². The Balaban J connectivity index is 1.75. The summed E-state index contributed by atoms with van der Waals surface area (Å²) in [5.74, 6) is 0.451. The summed E-state index contributed by atoms with van der Waals surface area (Å²) in [5, 5.41) is 4.00. The fraction of sp³-hybridized carbons (Fsp3) is 0.308. The van der Waals surface area contributed by atoms with Gasteiger partial charge < -0.3 is 15.0 Å². The molecule has 0 unspecified atom stereocenters. The third kappa shape index (κ3) is 2.03. The predicted molar refractivity (Wildman–Crippen MR) is 65.9 cm³/mol. The SMILES string of the molecule is O=C(CC1COC1)Nc1cccc2[nH]ccc12. The minimum atomic E-state index is 0.0620. The number of nitrogens with one attached hydrogen (secondary N) is 2. The van der Waals surface area contributed by atoms with E-state index >= 15 is 0 Å². The molecule has 1 saturated heterocycles. The van der Waals surface area contributed by atoms with Crippen LogP contribution in [0.1, 0.15) is 6.42 Å². The van der Waals surface area contributed by atoms with E-state index in [1.165, 1.54) is 0 Å². The lowest BCUT2D eigenvalue weighted by Crippen LogP contribution is -2.31. The van der Waals surface area contributed by atoms with Crippen molar-refractivity contribution in [3.63, 3.8) is 0 Å². The molecular formula is C13H14N2O2. The Morgan fingerprint density at radius 1 is 1.41 bits per heavy atom. The molecular weight excluding hydrogens is 216 g/mol. The molecule has 1 aliphatic heterocycles. The minimum Gasteiger partial charge on any atom is -0.381 e. The molecule has 88 valence electrons. The highest BCUT2D eigenvalue weighted by atomic mass is 16.5. The van der Waals surface area contributed by atoms with Crippen molar-refractivity contribution in [1.82, 2.24) is 4.98 Å². The number of anilines is 1. The summed E-state index contributed by atoms with van der Waals surface area (Å²) in [6.45, 7) is 1.42. The molecule has 3 rings (SSSR count). The fourth-order valence-corrected chi connectivity index (χ4v) is 2.06. The number of H-pyrrole nitrogens is 1. The van der Waals surface area contributed by atoms with Crippen molar-refractivity contribution in [3.05, 3.63) is 30.5 Å². The minimum absolute atomic E-state index is 0.0620. The van der Waals surface area contributed by atoms with Crippen molar-refractivity contribution in [2.75, 3.05) is 18.5 Å². The molecule has 0 atom stereocenters. The summed E-state index contributed by atoms with van der Waals surface area (Å²) < 4.78 is 5.06. The third-order valence-corrected chi connectivity index (χ3v) is 3.05. The Bertz CT molecular complexity index is 543. The molecule has 1 aliphatic rings. The lowest BCUT2D eigenvalue weighted by Gasteiger charge is -2.25. The van der Waals surface area contributed by atoms with Gasteiger partial charge in [-0.3, -0.25) is 4.79 Å². The van der Waals surface area contributed by atoms with Crippen LogP contribution in [0.2, 0.25) is 0 Å². The maximum Gasteiger partial charge on any atom is 0.224 e. The van der Waals surface area contributed by atoms with Crippen LogP contribution in [0.15, 0.2) is 30.5 Å². The van der Waals surface area contributed by atoms with Crippen LogP contribution in [0.4, 0.5) is 5.69 Å². The molecule has 4 heteroatoms. The van der Waals surface area contributed by atoms with Crippen LogP contribution < -0.4 is 5.32 Å². The molecule has 2 aromatic rings. The first-order valence-electron chi connectivity index (χ1n) is 5.76. The lowest BCUT2D eigenvalue weighted by atomic mass is 10.0. The van der Waals surface area contributed by atoms with E-state index in [9.17, 15) is 4.79 Å². The van der Waals surface area contributed by atoms with Gasteiger partial charge in [0.05, 0.1) is 18.9 Å². The van der Waals surface area contributed by atoms with Crippen molar-refractivity contribution in [3.8, 4) is 0 Å². The van der Waals surface area contributed by atoms with Gasteiger partial charge in [-0.2, -0.15) is 0 Å². The molecule has 2 heterocycles. The molecule has 0 radical (unpaired) electrons. The Labute approximate surface area is 99.0 Å². The van der Waals surface area contributed by atoms with Gasteiger partial charge in [0.15, 0.2) is 0 Å². The van der Waals surface area contributed by atoms with Gasteiger partial charge >= 0.3 is 0 Å². The number of hydrogen-bond acceptors (Lipinski definition) is 2. The molecule has 17 heavy (non-hydrogen) atoms. The number of carbonyl (C=O) groups is 1. The summed E-state index contributed by atoms with van der Waals surface area (Å²) >= 11 is 0. The van der Waals surface area contributed by atoms with Gasteiger partial charge in [0.1, 0.15) is 0 Å². The fourth-order valence-electron chi connectivity index (χ4n) is 2.06. The van der Waals surface area contributed by atoms with E-state index in [0.717, 1.165) is 16.6 Å². The Morgan fingerprint density at radius 3 is 3.06 bits per heavy atom. The molecule has 0 bridgehead atoms. The van der Waals surface area contributed by atoms with Gasteiger partial charge in [0.25, 0.3) is 0 Å². The quantitative estimate of drug-likeness (QED) is 0.848. The van der Waals surface area contributed by atoms with E-state index in [-0.39, 0.29) is 5.91 Å². The van der Waals surface area contributed by atoms with Crippen LogP contribution in [0.5, 0.6) is 0 Å². The first-order valence-corrected chi connectivity index (χ1v) is 5.76. The number of fused-ring (bicyclic) bond motifs is 1. The molecule has 4 nitrogen and oxygen atoms in total. The average molecular weight is 230 g/mol. The molecule has 2 N–H and O–H groups in total. The van der Waals surface area contributed by atoms with Gasteiger partial charge in [0.2, 0.25) is 5.91 Å². The summed E-state index contributed by atoms with van der Waals surface area (Å²) in [7, 11) is 0. The van der Waals surface area contributed by atoms with Crippen molar-refractivity contribution in [1.29, 1.82) is 0 Å². The van der Waals surface area contributed by atoms with Gasteiger partial charge in [-0.25, -0.2) is 0 Å². The molecule has 0 aliphatic carbocycles. The summed E-state index contributed by atoms with van der Waals surface area (Å²) in [4.78, 5) is 14.9. The predicted octanol–water partition coefficient (Wildman–Crippen LogP) is 2.14. The van der Waals surface area contributed by atoms with Gasteiger partial charge in [-0.05, 0) is 18.2 Å². The second-order valence-electron chi connectivity index (χ2n) is 4.40. The van der Waals surface area contributed by atoms with Crippen LogP contribution in [0, 0.1) is 5.92 Å². The largest absolute Gasteiger partial charge is 0.381 e. The maximum absolute atomic E-state index is 11.8. The second-order valence-corrected chi connectivity index (χ2v) is 4.40. The second kappa shape index (κ2) is 4.22. The van der Waals surface area contributed by atoms with E-state index in [2.05, 4.69) is 10.3 Å². The van der Waals surface area contributed by atoms with Crippen LogP contribution in [0.3, 0.4) is 0 Å².